The maximum absolute atomic E-state index is 13.4. The summed E-state index contributed by atoms with van der Waals surface area (Å²) in [5, 5.41) is 9.86. The molecule has 0 fully saturated rings. The maximum atomic E-state index is 13.4. The number of nitrogens with zero attached hydrogens (tertiary/aromatic N) is 1. The number of para-hydroxylation sites is 1. The van der Waals surface area contributed by atoms with Gasteiger partial charge in [-0.05, 0) is 49.1 Å². The summed E-state index contributed by atoms with van der Waals surface area (Å²) in [5.74, 6) is -1.10. The molecule has 0 radical (unpaired) electrons. The van der Waals surface area contributed by atoms with Crippen LogP contribution in [0.2, 0.25) is 0 Å². The minimum atomic E-state index is -3.90. The Morgan fingerprint density at radius 3 is 2.69 bits per heavy atom. The summed E-state index contributed by atoms with van der Waals surface area (Å²) in [4.78, 5) is 11.8. The molecule has 6 nitrogen and oxygen atoms in total. The molecule has 1 atom stereocenters. The lowest BCUT2D eigenvalue weighted by Gasteiger charge is -2.37. The van der Waals surface area contributed by atoms with Gasteiger partial charge in [-0.15, -0.1) is 0 Å². The fraction of sp³-hybridized carbons (Fsp3) is 0.316. The Morgan fingerprint density at radius 2 is 2.00 bits per heavy atom. The van der Waals surface area contributed by atoms with Crippen LogP contribution in [0.15, 0.2) is 47.4 Å². The minimum absolute atomic E-state index is 0.0501. The molecule has 1 aliphatic heterocycles. The third kappa shape index (κ3) is 3.03. The van der Waals surface area contributed by atoms with Crippen LogP contribution >= 0.6 is 0 Å². The molecular formula is C19H21NO5S. The molecule has 1 aliphatic rings. The van der Waals surface area contributed by atoms with Crippen molar-refractivity contribution >= 4 is 21.7 Å². The molecule has 0 aromatic heterocycles. The van der Waals surface area contributed by atoms with Gasteiger partial charge in [-0.25, -0.2) is 13.2 Å². The fourth-order valence-electron chi connectivity index (χ4n) is 3.33. The predicted molar refractivity (Wildman–Crippen MR) is 98.0 cm³/mol. The average Bonchev–Trinajstić information content (AvgIpc) is 2.66. The van der Waals surface area contributed by atoms with Gasteiger partial charge in [-0.1, -0.05) is 25.1 Å². The average molecular weight is 375 g/mol. The number of benzene rings is 2. The Balaban J connectivity index is 2.14. The number of aromatic hydroxyl groups is 1. The zero-order valence-electron chi connectivity index (χ0n) is 14.7. The van der Waals surface area contributed by atoms with Gasteiger partial charge >= 0.3 is 5.97 Å². The molecule has 1 unspecified atom stereocenters. The van der Waals surface area contributed by atoms with Crippen LogP contribution in [0.4, 0.5) is 5.69 Å². The van der Waals surface area contributed by atoms with Gasteiger partial charge in [0.25, 0.3) is 10.0 Å². The monoisotopic (exact) mass is 375 g/mol. The number of rotatable bonds is 4. The molecular weight excluding hydrogens is 354 g/mol. The van der Waals surface area contributed by atoms with Crippen LogP contribution in [0.1, 0.15) is 35.7 Å². The van der Waals surface area contributed by atoms with Crippen LogP contribution in [0.25, 0.3) is 0 Å². The van der Waals surface area contributed by atoms with Gasteiger partial charge < -0.3 is 9.84 Å². The van der Waals surface area contributed by atoms with E-state index in [1.54, 1.807) is 6.07 Å². The van der Waals surface area contributed by atoms with Crippen LogP contribution in [-0.2, 0) is 21.2 Å². The van der Waals surface area contributed by atoms with Crippen molar-refractivity contribution in [3.05, 3.63) is 53.6 Å². The smallest absolute Gasteiger partial charge is 0.341 e. The van der Waals surface area contributed by atoms with Crippen molar-refractivity contribution in [2.45, 2.75) is 37.1 Å². The number of carbonyl (C=O) groups excluding carboxylic acids is 1. The second-order valence-electron chi connectivity index (χ2n) is 6.20. The number of esters is 1. The van der Waals surface area contributed by atoms with E-state index in [0.29, 0.717) is 12.1 Å². The van der Waals surface area contributed by atoms with Crippen molar-refractivity contribution in [2.24, 2.45) is 0 Å². The zero-order valence-corrected chi connectivity index (χ0v) is 15.5. The number of ether oxygens (including phenoxy) is 1. The normalized spacial score (nSPS) is 16.8. The van der Waals surface area contributed by atoms with E-state index in [1.807, 2.05) is 25.1 Å². The van der Waals surface area contributed by atoms with Gasteiger partial charge in [-0.3, -0.25) is 4.31 Å². The quantitative estimate of drug-likeness (QED) is 0.830. The molecule has 3 rings (SSSR count). The van der Waals surface area contributed by atoms with Crippen molar-refractivity contribution in [2.75, 3.05) is 11.4 Å². The Hall–Kier alpha value is -2.54. The molecule has 0 bridgehead atoms. The number of anilines is 1. The van der Waals surface area contributed by atoms with Crippen LogP contribution in [0, 0.1) is 0 Å². The van der Waals surface area contributed by atoms with E-state index < -0.39 is 16.0 Å². The first-order valence-electron chi connectivity index (χ1n) is 8.43. The summed E-state index contributed by atoms with van der Waals surface area (Å²) in [7, 11) is -2.73. The first kappa shape index (κ1) is 18.3. The fourth-order valence-corrected chi connectivity index (χ4v) is 5.15. The number of phenolic OH excluding ortho intramolecular Hbond substituents is 1. The Labute approximate surface area is 153 Å². The summed E-state index contributed by atoms with van der Waals surface area (Å²) >= 11 is 0. The van der Waals surface area contributed by atoms with E-state index in [2.05, 4.69) is 4.74 Å². The largest absolute Gasteiger partial charge is 0.507 e. The van der Waals surface area contributed by atoms with E-state index in [9.17, 15) is 18.3 Å². The lowest BCUT2D eigenvalue weighted by molar-refractivity contribution is 0.0597. The molecule has 2 aromatic rings. The lowest BCUT2D eigenvalue weighted by atomic mass is 9.97. The van der Waals surface area contributed by atoms with Gasteiger partial charge in [0.05, 0.1) is 17.7 Å². The third-order valence-electron chi connectivity index (χ3n) is 4.71. The summed E-state index contributed by atoms with van der Waals surface area (Å²) in [6.07, 6.45) is 2.23. The number of aryl methyl sites for hydroxylation is 1. The maximum Gasteiger partial charge on any atom is 0.341 e. The highest BCUT2D eigenvalue weighted by Crippen LogP contribution is 2.37. The Morgan fingerprint density at radius 1 is 1.27 bits per heavy atom. The van der Waals surface area contributed by atoms with Crippen molar-refractivity contribution in [1.29, 1.82) is 0 Å². The third-order valence-corrected chi connectivity index (χ3v) is 6.57. The van der Waals surface area contributed by atoms with Gasteiger partial charge in [-0.2, -0.15) is 0 Å². The highest BCUT2D eigenvalue weighted by Gasteiger charge is 2.35. The highest BCUT2D eigenvalue weighted by atomic mass is 32.2. The summed E-state index contributed by atoms with van der Waals surface area (Å²) in [5.41, 5.74) is 1.47. The topological polar surface area (TPSA) is 83.9 Å². The number of carbonyl (C=O) groups is 1. The molecule has 1 N–H and O–H groups in total. The molecule has 0 amide bonds. The van der Waals surface area contributed by atoms with E-state index in [0.717, 1.165) is 18.4 Å². The van der Waals surface area contributed by atoms with Gasteiger partial charge in [0.15, 0.2) is 0 Å². The SMILES string of the molecule is CCC1CCc2ccccc2N1S(=O)(=O)c1ccc(O)c(C(=O)OC)c1. The van der Waals surface area contributed by atoms with E-state index >= 15 is 0 Å². The first-order valence-corrected chi connectivity index (χ1v) is 9.87. The number of fused-ring (bicyclic) bond motifs is 1. The molecule has 0 spiro atoms. The van der Waals surface area contributed by atoms with Crippen molar-refractivity contribution in [3.8, 4) is 5.75 Å². The lowest BCUT2D eigenvalue weighted by Crippen LogP contribution is -2.43. The van der Waals surface area contributed by atoms with Crippen LogP contribution in [0.3, 0.4) is 0 Å². The summed E-state index contributed by atoms with van der Waals surface area (Å²) < 4.78 is 32.8. The van der Waals surface area contributed by atoms with Crippen molar-refractivity contribution in [3.63, 3.8) is 0 Å². The summed E-state index contributed by atoms with van der Waals surface area (Å²) in [6, 6.07) is 11.0. The number of sulfonamides is 1. The Bertz CT molecular complexity index is 939. The molecule has 0 aliphatic carbocycles. The van der Waals surface area contributed by atoms with Gasteiger partial charge in [0.2, 0.25) is 0 Å². The van der Waals surface area contributed by atoms with Gasteiger partial charge in [0, 0.05) is 6.04 Å². The van der Waals surface area contributed by atoms with Crippen molar-refractivity contribution in [1.82, 2.24) is 0 Å². The predicted octanol–water partition coefficient (Wildman–Crippen LogP) is 3.10. The molecule has 0 saturated heterocycles. The number of hydrogen-bond acceptors (Lipinski definition) is 5. The van der Waals surface area contributed by atoms with Gasteiger partial charge in [0.1, 0.15) is 11.3 Å². The Kier molecular flexibility index (Phi) is 4.91. The molecule has 1 heterocycles. The van der Waals surface area contributed by atoms with E-state index in [4.69, 9.17) is 0 Å². The standard InChI is InChI=1S/C19H21NO5S/c1-3-14-9-8-13-6-4-5-7-17(13)20(14)26(23,24)15-10-11-18(21)16(12-15)19(22)25-2/h4-7,10-12,14,21H,3,8-9H2,1-2H3. The summed E-state index contributed by atoms with van der Waals surface area (Å²) in [6.45, 7) is 1.96. The van der Waals surface area contributed by atoms with Crippen LogP contribution in [-0.4, -0.2) is 32.6 Å². The molecule has 26 heavy (non-hydrogen) atoms. The zero-order chi connectivity index (χ0) is 18.9. The minimum Gasteiger partial charge on any atom is -0.507 e. The molecule has 7 heteroatoms. The number of methoxy groups -OCH3 is 1. The molecule has 2 aromatic carbocycles. The van der Waals surface area contributed by atoms with E-state index in [-0.39, 0.29) is 22.3 Å². The molecule has 138 valence electrons. The first-order chi connectivity index (χ1) is 12.4. The molecule has 0 saturated carbocycles. The van der Waals surface area contributed by atoms with Crippen LogP contribution in [0.5, 0.6) is 5.75 Å². The van der Waals surface area contributed by atoms with Crippen LogP contribution < -0.4 is 4.31 Å². The highest BCUT2D eigenvalue weighted by molar-refractivity contribution is 7.92. The second-order valence-corrected chi connectivity index (χ2v) is 8.02. The van der Waals surface area contributed by atoms with Crippen molar-refractivity contribution < 1.29 is 23.1 Å². The van der Waals surface area contributed by atoms with E-state index in [1.165, 1.54) is 29.6 Å². The number of phenols is 1. The second kappa shape index (κ2) is 6.99. The number of hydrogen-bond donors (Lipinski definition) is 1.